The summed E-state index contributed by atoms with van der Waals surface area (Å²) < 4.78 is 38.8. The lowest BCUT2D eigenvalue weighted by Gasteiger charge is -2.39. The molecule has 3 aliphatic carbocycles. The summed E-state index contributed by atoms with van der Waals surface area (Å²) in [5, 5.41) is 12.5. The summed E-state index contributed by atoms with van der Waals surface area (Å²) in [7, 11) is 0. The van der Waals surface area contributed by atoms with Gasteiger partial charge in [-0.1, -0.05) is 6.07 Å². The SMILES string of the molecule is O=C(O)c1ncc(Nc2cccc(C(F)(F)F)c2)c2c1C1CCC2CC1. The average Bonchev–Trinajstić information content (AvgIpc) is 2.62. The number of nitrogens with zero attached hydrogens (tertiary/aromatic N) is 1. The lowest BCUT2D eigenvalue weighted by atomic mass is 9.66. The Kier molecular flexibility index (Phi) is 3.89. The van der Waals surface area contributed by atoms with Crippen LogP contribution in [0, 0.1) is 0 Å². The highest BCUT2D eigenvalue weighted by Crippen LogP contribution is 2.52. The van der Waals surface area contributed by atoms with Gasteiger partial charge in [-0.25, -0.2) is 9.78 Å². The molecule has 3 aliphatic rings. The Hall–Kier alpha value is -2.57. The van der Waals surface area contributed by atoms with E-state index in [-0.39, 0.29) is 17.5 Å². The molecule has 26 heavy (non-hydrogen) atoms. The molecule has 2 aromatic rings. The smallest absolute Gasteiger partial charge is 0.416 e. The lowest BCUT2D eigenvalue weighted by Crippen LogP contribution is -2.26. The number of hydrogen-bond acceptors (Lipinski definition) is 3. The van der Waals surface area contributed by atoms with E-state index in [4.69, 9.17) is 0 Å². The predicted molar refractivity (Wildman–Crippen MR) is 89.9 cm³/mol. The van der Waals surface area contributed by atoms with Crippen molar-refractivity contribution in [2.24, 2.45) is 0 Å². The van der Waals surface area contributed by atoms with E-state index in [9.17, 15) is 23.1 Å². The van der Waals surface area contributed by atoms with Gasteiger partial charge in [0.2, 0.25) is 0 Å². The van der Waals surface area contributed by atoms with Crippen LogP contribution >= 0.6 is 0 Å². The fourth-order valence-corrected chi connectivity index (χ4v) is 4.26. The molecule has 0 amide bonds. The van der Waals surface area contributed by atoms with Crippen LogP contribution in [0.2, 0.25) is 0 Å². The number of aromatic nitrogens is 1. The average molecular weight is 362 g/mol. The maximum absolute atomic E-state index is 12.9. The summed E-state index contributed by atoms with van der Waals surface area (Å²) in [4.78, 5) is 15.7. The summed E-state index contributed by atoms with van der Waals surface area (Å²) >= 11 is 0. The maximum atomic E-state index is 12.9. The number of pyridine rings is 1. The number of nitrogens with one attached hydrogen (secondary N) is 1. The third-order valence-corrected chi connectivity index (χ3v) is 5.37. The zero-order valence-corrected chi connectivity index (χ0v) is 13.8. The van der Waals surface area contributed by atoms with Crippen LogP contribution in [0.1, 0.15) is 64.7 Å². The molecule has 136 valence electrons. The quantitative estimate of drug-likeness (QED) is 0.778. The van der Waals surface area contributed by atoms with Gasteiger partial charge in [-0.15, -0.1) is 0 Å². The van der Waals surface area contributed by atoms with Crippen molar-refractivity contribution in [2.75, 3.05) is 5.32 Å². The second-order valence-corrected chi connectivity index (χ2v) is 6.91. The Morgan fingerprint density at radius 2 is 1.77 bits per heavy atom. The molecule has 0 unspecified atom stereocenters. The minimum Gasteiger partial charge on any atom is -0.477 e. The number of benzene rings is 1. The van der Waals surface area contributed by atoms with Crippen molar-refractivity contribution in [1.82, 2.24) is 4.98 Å². The van der Waals surface area contributed by atoms with Gasteiger partial charge in [0.1, 0.15) is 0 Å². The summed E-state index contributed by atoms with van der Waals surface area (Å²) in [6.45, 7) is 0. The van der Waals surface area contributed by atoms with Crippen LogP contribution in [-0.4, -0.2) is 16.1 Å². The van der Waals surface area contributed by atoms with Crippen molar-refractivity contribution < 1.29 is 23.1 Å². The maximum Gasteiger partial charge on any atom is 0.416 e. The number of alkyl halides is 3. The van der Waals surface area contributed by atoms with Crippen LogP contribution in [-0.2, 0) is 6.18 Å². The van der Waals surface area contributed by atoms with Crippen molar-refractivity contribution in [3.8, 4) is 0 Å². The molecule has 1 aromatic carbocycles. The first-order valence-electron chi connectivity index (χ1n) is 8.55. The first-order valence-corrected chi connectivity index (χ1v) is 8.55. The van der Waals surface area contributed by atoms with Crippen molar-refractivity contribution in [3.05, 3.63) is 52.8 Å². The summed E-state index contributed by atoms with van der Waals surface area (Å²) in [6.07, 6.45) is 0.833. The normalized spacial score (nSPS) is 21.3. The van der Waals surface area contributed by atoms with Gasteiger partial charge in [-0.3, -0.25) is 0 Å². The molecule has 0 saturated heterocycles. The van der Waals surface area contributed by atoms with Crippen LogP contribution in [0.5, 0.6) is 0 Å². The van der Waals surface area contributed by atoms with Crippen molar-refractivity contribution in [3.63, 3.8) is 0 Å². The van der Waals surface area contributed by atoms with Gasteiger partial charge >= 0.3 is 12.1 Å². The Bertz CT molecular complexity index is 872. The molecule has 1 heterocycles. The van der Waals surface area contributed by atoms with E-state index < -0.39 is 17.7 Å². The van der Waals surface area contributed by atoms with Crippen molar-refractivity contribution in [1.29, 1.82) is 0 Å². The van der Waals surface area contributed by atoms with Gasteiger partial charge in [0.15, 0.2) is 5.69 Å². The van der Waals surface area contributed by atoms with E-state index in [1.165, 1.54) is 12.3 Å². The van der Waals surface area contributed by atoms with Crippen molar-refractivity contribution in [2.45, 2.75) is 43.7 Å². The number of halogens is 3. The van der Waals surface area contributed by atoms with E-state index in [2.05, 4.69) is 10.3 Å². The Morgan fingerprint density at radius 1 is 1.12 bits per heavy atom. The van der Waals surface area contributed by atoms with E-state index in [0.29, 0.717) is 11.4 Å². The third kappa shape index (κ3) is 2.81. The second kappa shape index (κ2) is 6.00. The molecule has 2 N–H and O–H groups in total. The highest BCUT2D eigenvalue weighted by atomic mass is 19.4. The molecule has 4 nitrogen and oxygen atoms in total. The van der Waals surface area contributed by atoms with Gasteiger partial charge in [-0.2, -0.15) is 13.2 Å². The minimum atomic E-state index is -4.42. The van der Waals surface area contributed by atoms with Gasteiger partial charge in [0.25, 0.3) is 0 Å². The fourth-order valence-electron chi connectivity index (χ4n) is 4.26. The molecule has 7 heteroatoms. The third-order valence-electron chi connectivity index (χ3n) is 5.37. The molecular formula is C19H17F3N2O2. The van der Waals surface area contributed by atoms with E-state index in [1.807, 2.05) is 0 Å². The molecule has 0 radical (unpaired) electrons. The monoisotopic (exact) mass is 362 g/mol. The predicted octanol–water partition coefficient (Wildman–Crippen LogP) is 5.30. The Labute approximate surface area is 148 Å². The van der Waals surface area contributed by atoms with Crippen LogP contribution in [0.4, 0.5) is 24.5 Å². The summed E-state index contributed by atoms with van der Waals surface area (Å²) in [5.41, 5.74) is 1.94. The number of rotatable bonds is 3. The number of aromatic carboxylic acids is 1. The second-order valence-electron chi connectivity index (χ2n) is 6.91. The number of hydrogen-bond donors (Lipinski definition) is 2. The van der Waals surface area contributed by atoms with Gasteiger partial charge in [0, 0.05) is 5.69 Å². The molecule has 5 rings (SSSR count). The Morgan fingerprint density at radius 3 is 2.38 bits per heavy atom. The molecule has 1 fully saturated rings. The van der Waals surface area contributed by atoms with Crippen LogP contribution < -0.4 is 5.32 Å². The number of anilines is 2. The molecule has 0 atom stereocenters. The molecule has 0 aliphatic heterocycles. The fraction of sp³-hybridized carbons (Fsp3) is 0.368. The molecule has 1 aromatic heterocycles. The largest absolute Gasteiger partial charge is 0.477 e. The van der Waals surface area contributed by atoms with Crippen LogP contribution in [0.3, 0.4) is 0 Å². The van der Waals surface area contributed by atoms with Gasteiger partial charge in [0.05, 0.1) is 17.4 Å². The number of carboxylic acids is 1. The van der Waals surface area contributed by atoms with E-state index >= 15 is 0 Å². The molecule has 1 saturated carbocycles. The first-order chi connectivity index (χ1) is 12.3. The summed E-state index contributed by atoms with van der Waals surface area (Å²) in [5.74, 6) is -0.666. The number of carboxylic acid groups (broad SMARTS) is 1. The zero-order valence-electron chi connectivity index (χ0n) is 13.8. The van der Waals surface area contributed by atoms with Crippen molar-refractivity contribution >= 4 is 17.3 Å². The Balaban J connectivity index is 1.77. The van der Waals surface area contributed by atoms with Gasteiger partial charge in [-0.05, 0) is 66.8 Å². The molecule has 0 spiro atoms. The van der Waals surface area contributed by atoms with Gasteiger partial charge < -0.3 is 10.4 Å². The topological polar surface area (TPSA) is 62.2 Å². The first kappa shape index (κ1) is 16.9. The van der Waals surface area contributed by atoms with Crippen LogP contribution in [0.15, 0.2) is 30.5 Å². The number of carbonyl (C=O) groups is 1. The van der Waals surface area contributed by atoms with E-state index in [1.54, 1.807) is 6.07 Å². The summed E-state index contributed by atoms with van der Waals surface area (Å²) in [6, 6.07) is 4.99. The minimum absolute atomic E-state index is 0.0731. The van der Waals surface area contributed by atoms with Crippen LogP contribution in [0.25, 0.3) is 0 Å². The highest BCUT2D eigenvalue weighted by Gasteiger charge is 2.38. The standard InChI is InChI=1S/C19H17F3N2O2/c20-19(21,22)12-2-1-3-13(8-12)24-14-9-23-17(18(25)26)16-11-6-4-10(5-7-11)15(14)16/h1-3,8-11,24H,4-7H2,(H,25,26). The number of fused-ring (bicyclic) bond motifs is 2. The lowest BCUT2D eigenvalue weighted by molar-refractivity contribution is -0.137. The highest BCUT2D eigenvalue weighted by molar-refractivity contribution is 5.89. The molecule has 2 bridgehead atoms. The molecular weight excluding hydrogens is 345 g/mol. The van der Waals surface area contributed by atoms with E-state index in [0.717, 1.165) is 48.9 Å². The zero-order chi connectivity index (χ0) is 18.5.